The Morgan fingerprint density at radius 3 is 2.18 bits per heavy atom. The number of nitrogens with zero attached hydrogens (tertiary/aromatic N) is 1. The van der Waals surface area contributed by atoms with Crippen molar-refractivity contribution < 1.29 is 24.2 Å². The smallest absolute Gasteiger partial charge is 0.407 e. The molecule has 2 aromatic carbocycles. The molecule has 6 rings (SSSR count). The number of piperidine rings is 1. The van der Waals surface area contributed by atoms with Crippen molar-refractivity contribution in [3.63, 3.8) is 0 Å². The van der Waals surface area contributed by atoms with E-state index in [0.717, 1.165) is 6.42 Å². The van der Waals surface area contributed by atoms with Crippen molar-refractivity contribution in [2.24, 2.45) is 29.6 Å². The Labute approximate surface area is 191 Å². The van der Waals surface area contributed by atoms with Gasteiger partial charge in [0.2, 0.25) is 5.91 Å². The number of likely N-dealkylation sites (tertiary alicyclic amines) is 1. The summed E-state index contributed by atoms with van der Waals surface area (Å²) >= 11 is 0. The summed E-state index contributed by atoms with van der Waals surface area (Å²) in [5, 5.41) is 11.9. The predicted octanol–water partition coefficient (Wildman–Crippen LogP) is 2.95. The van der Waals surface area contributed by atoms with Crippen LogP contribution in [0.1, 0.15) is 23.5 Å². The molecule has 1 aliphatic heterocycles. The Morgan fingerprint density at radius 2 is 1.58 bits per heavy atom. The number of amides is 2. The fraction of sp³-hybridized carbons (Fsp3) is 0.423. The van der Waals surface area contributed by atoms with E-state index in [1.165, 1.54) is 22.3 Å². The van der Waals surface area contributed by atoms with Crippen LogP contribution in [0.2, 0.25) is 0 Å². The van der Waals surface area contributed by atoms with Gasteiger partial charge in [0.1, 0.15) is 6.61 Å². The molecule has 5 atom stereocenters. The molecule has 3 fully saturated rings. The SMILES string of the molecule is O=C(NC[C@H]1C[C@H]1C(=O)N1C[C@@H]2C(C(=O)O)[C@@H]2C1)OCC1c2ccccc2-c2ccccc21. The molecule has 0 spiro atoms. The van der Waals surface area contributed by atoms with Crippen molar-refractivity contribution in [1.29, 1.82) is 0 Å². The van der Waals surface area contributed by atoms with E-state index in [1.54, 1.807) is 0 Å². The third-order valence-corrected chi connectivity index (χ3v) is 7.88. The maximum absolute atomic E-state index is 12.7. The van der Waals surface area contributed by atoms with Crippen molar-refractivity contribution in [3.8, 4) is 11.1 Å². The lowest BCUT2D eigenvalue weighted by Crippen LogP contribution is -2.35. The predicted molar refractivity (Wildman–Crippen MR) is 119 cm³/mol. The Hall–Kier alpha value is -3.35. The number of hydrogen-bond donors (Lipinski definition) is 2. The summed E-state index contributed by atoms with van der Waals surface area (Å²) in [6.45, 7) is 1.81. The second kappa shape index (κ2) is 7.61. The van der Waals surface area contributed by atoms with Crippen LogP contribution in [0.15, 0.2) is 48.5 Å². The molecule has 7 heteroatoms. The molecule has 4 aliphatic rings. The van der Waals surface area contributed by atoms with Crippen LogP contribution in [-0.2, 0) is 14.3 Å². The van der Waals surface area contributed by atoms with E-state index in [4.69, 9.17) is 9.84 Å². The molecule has 0 aromatic heterocycles. The molecule has 2 amide bonds. The van der Waals surface area contributed by atoms with Gasteiger partial charge in [-0.05, 0) is 46.4 Å². The van der Waals surface area contributed by atoms with Gasteiger partial charge in [-0.2, -0.15) is 0 Å². The number of carboxylic acids is 1. The maximum Gasteiger partial charge on any atom is 0.407 e. The number of carbonyl (C=O) groups is 3. The zero-order valence-electron chi connectivity index (χ0n) is 18.1. The van der Waals surface area contributed by atoms with Crippen LogP contribution in [0.25, 0.3) is 11.1 Å². The summed E-state index contributed by atoms with van der Waals surface area (Å²) in [7, 11) is 0. The number of aliphatic carboxylic acids is 1. The fourth-order valence-corrected chi connectivity index (χ4v) is 5.95. The van der Waals surface area contributed by atoms with Gasteiger partial charge in [0, 0.05) is 31.5 Å². The van der Waals surface area contributed by atoms with Crippen molar-refractivity contribution in [3.05, 3.63) is 59.7 Å². The molecule has 3 aliphatic carbocycles. The standard InChI is InChI=1S/C26H26N2O5/c29-24(28-11-20-21(12-28)23(20)25(30)31)19-9-14(19)10-27-26(32)33-13-22-17-7-3-1-5-15(17)16-6-2-4-8-18(16)22/h1-8,14,19-23H,9-13H2,(H,27,32)(H,30,31)/t14-,19-,20-,21+,23?/m1/s1. The molecular formula is C26H26N2O5. The van der Waals surface area contributed by atoms with Gasteiger partial charge in [-0.15, -0.1) is 0 Å². The minimum Gasteiger partial charge on any atom is -0.481 e. The molecule has 1 unspecified atom stereocenters. The van der Waals surface area contributed by atoms with Crippen LogP contribution in [-0.4, -0.2) is 54.2 Å². The van der Waals surface area contributed by atoms with Crippen molar-refractivity contribution >= 4 is 18.0 Å². The van der Waals surface area contributed by atoms with Crippen LogP contribution in [0.5, 0.6) is 0 Å². The van der Waals surface area contributed by atoms with E-state index in [9.17, 15) is 14.4 Å². The average molecular weight is 447 g/mol. The van der Waals surface area contributed by atoms with Gasteiger partial charge in [-0.3, -0.25) is 9.59 Å². The number of rotatable bonds is 6. The Morgan fingerprint density at radius 1 is 0.970 bits per heavy atom. The highest BCUT2D eigenvalue weighted by Gasteiger charge is 2.61. The Bertz CT molecular complexity index is 1090. The molecule has 2 saturated carbocycles. The summed E-state index contributed by atoms with van der Waals surface area (Å²) in [4.78, 5) is 37.9. The first-order valence-electron chi connectivity index (χ1n) is 11.6. The third-order valence-electron chi connectivity index (χ3n) is 7.88. The van der Waals surface area contributed by atoms with E-state index in [-0.39, 0.29) is 48.0 Å². The number of ether oxygens (including phenoxy) is 1. The summed E-state index contributed by atoms with van der Waals surface area (Å²) in [6, 6.07) is 16.4. The minimum atomic E-state index is -0.742. The number of carbonyl (C=O) groups excluding carboxylic acids is 2. The van der Waals surface area contributed by atoms with E-state index in [0.29, 0.717) is 19.6 Å². The number of carboxylic acid groups (broad SMARTS) is 1. The number of benzene rings is 2. The lowest BCUT2D eigenvalue weighted by Gasteiger charge is -2.19. The Balaban J connectivity index is 0.976. The topological polar surface area (TPSA) is 95.9 Å². The molecule has 33 heavy (non-hydrogen) atoms. The normalized spacial score (nSPS) is 28.5. The Kier molecular flexibility index (Phi) is 4.67. The molecule has 2 aromatic rings. The summed E-state index contributed by atoms with van der Waals surface area (Å²) in [5.74, 6) is -0.566. The van der Waals surface area contributed by atoms with Crippen LogP contribution in [0.3, 0.4) is 0 Å². The van der Waals surface area contributed by atoms with Gasteiger partial charge in [0.25, 0.3) is 0 Å². The van der Waals surface area contributed by atoms with Gasteiger partial charge < -0.3 is 20.1 Å². The molecule has 2 N–H and O–H groups in total. The first-order valence-corrected chi connectivity index (χ1v) is 11.6. The van der Waals surface area contributed by atoms with Crippen LogP contribution in [0, 0.1) is 29.6 Å². The van der Waals surface area contributed by atoms with Crippen molar-refractivity contribution in [2.75, 3.05) is 26.2 Å². The number of alkyl carbamates (subject to hydrolysis) is 1. The van der Waals surface area contributed by atoms with Crippen LogP contribution < -0.4 is 5.32 Å². The van der Waals surface area contributed by atoms with Gasteiger partial charge in [-0.1, -0.05) is 48.5 Å². The largest absolute Gasteiger partial charge is 0.481 e. The highest BCUT2D eigenvalue weighted by atomic mass is 16.5. The number of hydrogen-bond acceptors (Lipinski definition) is 4. The fourth-order valence-electron chi connectivity index (χ4n) is 5.95. The molecular weight excluding hydrogens is 420 g/mol. The van der Waals surface area contributed by atoms with Crippen LogP contribution >= 0.6 is 0 Å². The quantitative estimate of drug-likeness (QED) is 0.711. The summed E-state index contributed by atoms with van der Waals surface area (Å²) < 4.78 is 5.57. The molecule has 7 nitrogen and oxygen atoms in total. The van der Waals surface area contributed by atoms with E-state index >= 15 is 0 Å². The lowest BCUT2D eigenvalue weighted by atomic mass is 9.98. The maximum atomic E-state index is 12.7. The van der Waals surface area contributed by atoms with Crippen LogP contribution in [0.4, 0.5) is 4.79 Å². The molecule has 1 heterocycles. The van der Waals surface area contributed by atoms with Gasteiger partial charge in [0.05, 0.1) is 5.92 Å². The second-order valence-electron chi connectivity index (χ2n) is 9.74. The second-order valence-corrected chi connectivity index (χ2v) is 9.74. The zero-order chi connectivity index (χ0) is 22.7. The average Bonchev–Trinajstić information content (AvgIpc) is 3.67. The first kappa shape index (κ1) is 20.3. The first-order chi connectivity index (χ1) is 16.0. The lowest BCUT2D eigenvalue weighted by molar-refractivity contribution is -0.141. The highest BCUT2D eigenvalue weighted by molar-refractivity contribution is 5.83. The van der Waals surface area contributed by atoms with Crippen molar-refractivity contribution in [2.45, 2.75) is 12.3 Å². The monoisotopic (exact) mass is 446 g/mol. The highest BCUT2D eigenvalue weighted by Crippen LogP contribution is 2.53. The van der Waals surface area contributed by atoms with E-state index in [1.807, 2.05) is 29.2 Å². The van der Waals surface area contributed by atoms with E-state index in [2.05, 4.69) is 29.6 Å². The molecule has 0 bridgehead atoms. The molecule has 170 valence electrons. The van der Waals surface area contributed by atoms with E-state index < -0.39 is 12.1 Å². The van der Waals surface area contributed by atoms with Gasteiger partial charge in [0.15, 0.2) is 0 Å². The molecule has 1 saturated heterocycles. The minimum absolute atomic E-state index is 0.0228. The number of nitrogens with one attached hydrogen (secondary N) is 1. The molecule has 0 radical (unpaired) electrons. The summed E-state index contributed by atoms with van der Waals surface area (Å²) in [6.07, 6.45) is 0.304. The number of fused-ring (bicyclic) bond motifs is 4. The third kappa shape index (κ3) is 3.46. The zero-order valence-corrected chi connectivity index (χ0v) is 18.1. The van der Waals surface area contributed by atoms with Gasteiger partial charge >= 0.3 is 12.1 Å². The summed E-state index contributed by atoms with van der Waals surface area (Å²) in [5.41, 5.74) is 4.73. The van der Waals surface area contributed by atoms with Crippen molar-refractivity contribution in [1.82, 2.24) is 10.2 Å². The van der Waals surface area contributed by atoms with Gasteiger partial charge in [-0.25, -0.2) is 4.79 Å².